The van der Waals surface area contributed by atoms with Crippen molar-refractivity contribution in [2.45, 2.75) is 259 Å². The maximum absolute atomic E-state index is 13.2. The van der Waals surface area contributed by atoms with Gasteiger partial charge in [-0.3, -0.25) is 4.79 Å². The number of aliphatic hydroxyl groups is 11. The van der Waals surface area contributed by atoms with Crippen molar-refractivity contribution < 1.29 is 89.4 Å². The van der Waals surface area contributed by atoms with E-state index < -0.39 is 124 Å². The summed E-state index contributed by atoms with van der Waals surface area (Å²) in [5.74, 6) is -0.261. The van der Waals surface area contributed by atoms with E-state index in [4.69, 9.17) is 28.4 Å². The third kappa shape index (κ3) is 21.3. The second kappa shape index (κ2) is 35.4. The molecule has 17 unspecified atom stereocenters. The highest BCUT2D eigenvalue weighted by atomic mass is 16.8. The fourth-order valence-corrected chi connectivity index (χ4v) is 8.86. The van der Waals surface area contributed by atoms with Gasteiger partial charge in [-0.15, -0.1) is 0 Å². The Kier molecular flexibility index (Phi) is 31.6. The highest BCUT2D eigenvalue weighted by Gasteiger charge is 2.53. The third-order valence-electron chi connectivity index (χ3n) is 13.3. The summed E-state index contributed by atoms with van der Waals surface area (Å²) in [7, 11) is 0. The van der Waals surface area contributed by atoms with Crippen molar-refractivity contribution in [1.29, 1.82) is 0 Å². The molecule has 0 saturated carbocycles. The van der Waals surface area contributed by atoms with E-state index in [1.807, 2.05) is 0 Å². The van der Waals surface area contributed by atoms with Crippen LogP contribution in [-0.2, 0) is 33.2 Å². The van der Waals surface area contributed by atoms with Gasteiger partial charge < -0.3 is 89.9 Å². The maximum Gasteiger partial charge on any atom is 0.220 e. The highest BCUT2D eigenvalue weighted by Crippen LogP contribution is 2.33. The number of ether oxygens (including phenoxy) is 6. The van der Waals surface area contributed by atoms with Crippen LogP contribution in [0.3, 0.4) is 0 Å². The molecule has 3 saturated heterocycles. The number of carbonyl (C=O) groups is 1. The topological polar surface area (TPSA) is 307 Å². The van der Waals surface area contributed by atoms with Crippen molar-refractivity contribution in [1.82, 2.24) is 5.32 Å². The number of amides is 1. The van der Waals surface area contributed by atoms with Crippen LogP contribution in [0.25, 0.3) is 0 Å². The lowest BCUT2D eigenvalue weighted by Gasteiger charge is -2.48. The van der Waals surface area contributed by atoms with Gasteiger partial charge in [0.2, 0.25) is 5.91 Å². The molecule has 3 heterocycles. The second-order valence-electron chi connectivity index (χ2n) is 19.0. The molecule has 3 aliphatic heterocycles. The lowest BCUT2D eigenvalue weighted by atomic mass is 9.96. The molecule has 0 aromatic heterocycles. The largest absolute Gasteiger partial charge is 0.394 e. The first kappa shape index (κ1) is 61.6. The fraction of sp³-hybridized carbons (Fsp3) is 0.900. The number of rotatable bonds is 36. The van der Waals surface area contributed by atoms with Gasteiger partial charge in [0.05, 0.1) is 38.6 Å². The van der Waals surface area contributed by atoms with Gasteiger partial charge in [0.1, 0.15) is 73.2 Å². The third-order valence-corrected chi connectivity index (χ3v) is 13.3. The van der Waals surface area contributed by atoms with Crippen LogP contribution in [0.15, 0.2) is 24.3 Å². The molecule has 0 aliphatic carbocycles. The smallest absolute Gasteiger partial charge is 0.220 e. The first-order valence-corrected chi connectivity index (χ1v) is 26.1. The summed E-state index contributed by atoms with van der Waals surface area (Å²) >= 11 is 0. The molecule has 12 N–H and O–H groups in total. The Balaban J connectivity index is 1.55. The first-order chi connectivity index (χ1) is 33.3. The Morgan fingerprint density at radius 1 is 0.522 bits per heavy atom. The zero-order chi connectivity index (χ0) is 50.6. The molecule has 0 bridgehead atoms. The van der Waals surface area contributed by atoms with Crippen molar-refractivity contribution in [3.8, 4) is 0 Å². The Morgan fingerprint density at radius 3 is 1.52 bits per heavy atom. The molecule has 69 heavy (non-hydrogen) atoms. The van der Waals surface area contributed by atoms with Crippen molar-refractivity contribution in [3.05, 3.63) is 24.3 Å². The normalized spacial score (nSPS) is 33.0. The average Bonchev–Trinajstić information content (AvgIpc) is 3.34. The first-order valence-electron chi connectivity index (χ1n) is 26.1. The zero-order valence-corrected chi connectivity index (χ0v) is 41.3. The van der Waals surface area contributed by atoms with Gasteiger partial charge in [-0.05, 0) is 38.5 Å². The number of hydrogen-bond donors (Lipinski definition) is 12. The molecule has 1 amide bonds. The number of carbonyl (C=O) groups excluding carboxylic acids is 1. The van der Waals surface area contributed by atoms with Crippen LogP contribution in [0.2, 0.25) is 0 Å². The van der Waals surface area contributed by atoms with E-state index in [1.165, 1.54) is 51.4 Å². The predicted molar refractivity (Wildman–Crippen MR) is 254 cm³/mol. The van der Waals surface area contributed by atoms with Crippen LogP contribution < -0.4 is 5.32 Å². The van der Waals surface area contributed by atoms with Crippen molar-refractivity contribution in [2.24, 2.45) is 0 Å². The minimum Gasteiger partial charge on any atom is -0.394 e. The van der Waals surface area contributed by atoms with Crippen molar-refractivity contribution in [2.75, 3.05) is 26.4 Å². The van der Waals surface area contributed by atoms with E-state index in [1.54, 1.807) is 0 Å². The summed E-state index contributed by atoms with van der Waals surface area (Å²) in [4.78, 5) is 13.2. The number of unbranched alkanes of at least 4 members (excludes halogenated alkanes) is 16. The maximum atomic E-state index is 13.2. The van der Waals surface area contributed by atoms with E-state index in [0.717, 1.165) is 70.6 Å². The molecule has 19 heteroatoms. The molecule has 404 valence electrons. The van der Waals surface area contributed by atoms with E-state index in [9.17, 15) is 61.0 Å². The van der Waals surface area contributed by atoms with Gasteiger partial charge in [0.15, 0.2) is 18.9 Å². The standard InChI is InChI=1S/C50H91NO18/c1-3-5-7-9-11-13-15-16-17-18-20-22-24-26-28-38(56)51-33(34(55)27-25-23-21-19-14-12-10-8-6-4-2)32-64-48-44(62)41(59)46(36(30-53)66-48)69-50-45(63)42(60)47(37(31-54)67-50)68-49-43(61)40(58)39(57)35(29-52)65-49/h9,11,15-16,33-37,39-50,52-55,57-63H,3-8,10,12-14,17-32H2,1-2H3,(H,51,56)/b11-9-,16-15-. The minimum absolute atomic E-state index is 0.250. The summed E-state index contributed by atoms with van der Waals surface area (Å²) in [5.41, 5.74) is 0. The molecule has 0 aromatic rings. The minimum atomic E-state index is -1.97. The molecular weight excluding hydrogens is 903 g/mol. The van der Waals surface area contributed by atoms with Crippen molar-refractivity contribution >= 4 is 5.91 Å². The quantitative estimate of drug-likeness (QED) is 0.0316. The van der Waals surface area contributed by atoms with Gasteiger partial charge in [-0.1, -0.05) is 134 Å². The lowest BCUT2D eigenvalue weighted by Crippen LogP contribution is -2.66. The van der Waals surface area contributed by atoms with E-state index in [2.05, 4.69) is 43.5 Å². The van der Waals surface area contributed by atoms with Gasteiger partial charge >= 0.3 is 0 Å². The van der Waals surface area contributed by atoms with Gasteiger partial charge in [0, 0.05) is 6.42 Å². The molecular formula is C50H91NO18. The van der Waals surface area contributed by atoms with Crippen LogP contribution in [0.4, 0.5) is 0 Å². The molecule has 19 nitrogen and oxygen atoms in total. The SMILES string of the molecule is CCCC/C=C\C/C=C\CCCCCCCC(=O)NC(COC1OC(CO)C(OC2OC(CO)C(OC3OC(CO)C(O)C(O)C3O)C(O)C2O)C(O)C1O)C(O)CCCCCCCCCCCC. The van der Waals surface area contributed by atoms with Gasteiger partial charge in [-0.2, -0.15) is 0 Å². The van der Waals surface area contributed by atoms with E-state index in [-0.39, 0.29) is 18.9 Å². The van der Waals surface area contributed by atoms with Crippen LogP contribution in [0.5, 0.6) is 0 Å². The monoisotopic (exact) mass is 994 g/mol. The second-order valence-corrected chi connectivity index (χ2v) is 19.0. The van der Waals surface area contributed by atoms with Crippen LogP contribution in [0.1, 0.15) is 155 Å². The number of allylic oxidation sites excluding steroid dienone is 4. The predicted octanol–water partition coefficient (Wildman–Crippen LogP) is 2.03. The molecule has 3 aliphatic rings. The zero-order valence-electron chi connectivity index (χ0n) is 41.3. The summed E-state index contributed by atoms with van der Waals surface area (Å²) in [6.45, 7) is 1.67. The highest BCUT2D eigenvalue weighted by molar-refractivity contribution is 5.76. The molecule has 3 fully saturated rings. The Hall–Kier alpha value is -1.73. The van der Waals surface area contributed by atoms with Crippen LogP contribution >= 0.6 is 0 Å². The number of hydrogen-bond acceptors (Lipinski definition) is 18. The summed E-state index contributed by atoms with van der Waals surface area (Å²) in [5, 5.41) is 120. The Bertz CT molecular complexity index is 1380. The Labute approximate surface area is 409 Å². The Morgan fingerprint density at radius 2 is 0.971 bits per heavy atom. The van der Waals surface area contributed by atoms with Crippen molar-refractivity contribution in [3.63, 3.8) is 0 Å². The van der Waals surface area contributed by atoms with Gasteiger partial charge in [0.25, 0.3) is 0 Å². The average molecular weight is 994 g/mol. The molecule has 3 rings (SSSR count). The number of nitrogens with one attached hydrogen (secondary N) is 1. The lowest BCUT2D eigenvalue weighted by molar-refractivity contribution is -0.379. The summed E-state index contributed by atoms with van der Waals surface area (Å²) in [6, 6.07) is -0.889. The van der Waals surface area contributed by atoms with Gasteiger partial charge in [-0.25, -0.2) is 0 Å². The molecule has 0 spiro atoms. The van der Waals surface area contributed by atoms with E-state index in [0.29, 0.717) is 12.8 Å². The number of aliphatic hydroxyl groups excluding tert-OH is 11. The molecule has 0 aromatic carbocycles. The van der Waals surface area contributed by atoms with Crippen LogP contribution in [-0.4, -0.2) is 193 Å². The van der Waals surface area contributed by atoms with E-state index >= 15 is 0 Å². The summed E-state index contributed by atoms with van der Waals surface area (Å²) in [6.07, 6.45) is 4.34. The summed E-state index contributed by atoms with van der Waals surface area (Å²) < 4.78 is 34.1. The molecule has 0 radical (unpaired) electrons. The van der Waals surface area contributed by atoms with Crippen LogP contribution in [0, 0.1) is 0 Å². The molecule has 17 atom stereocenters. The fourth-order valence-electron chi connectivity index (χ4n) is 8.86.